The molecule has 0 fully saturated rings. The minimum atomic E-state index is -2.76. The van der Waals surface area contributed by atoms with Crippen LogP contribution >= 0.6 is 27.7 Å². The van der Waals surface area contributed by atoms with Crippen molar-refractivity contribution < 1.29 is 13.5 Å². The summed E-state index contributed by atoms with van der Waals surface area (Å²) in [5.41, 5.74) is 1.17. The summed E-state index contributed by atoms with van der Waals surface area (Å²) in [6, 6.07) is 5.11. The number of hydrogen-bond acceptors (Lipinski definition) is 2. The Morgan fingerprint density at radius 2 is 2.19 bits per heavy atom. The maximum atomic E-state index is 12.0. The fourth-order valence-corrected chi connectivity index (χ4v) is 2.31. The van der Waals surface area contributed by atoms with Gasteiger partial charge in [0.05, 0.1) is 0 Å². The molecule has 0 spiro atoms. The Balaban J connectivity index is 2.79. The van der Waals surface area contributed by atoms with Gasteiger partial charge in [-0.1, -0.05) is 22.0 Å². The van der Waals surface area contributed by atoms with Gasteiger partial charge in [-0.3, -0.25) is 0 Å². The van der Waals surface area contributed by atoms with Crippen LogP contribution in [-0.2, 0) is 6.42 Å². The van der Waals surface area contributed by atoms with E-state index in [-0.39, 0.29) is 5.75 Å². The highest BCUT2D eigenvalue weighted by Gasteiger charge is 2.07. The maximum absolute atomic E-state index is 12.0. The molecule has 5 heteroatoms. The van der Waals surface area contributed by atoms with Gasteiger partial charge in [0.25, 0.3) is 0 Å². The van der Waals surface area contributed by atoms with Crippen molar-refractivity contribution in [1.82, 2.24) is 0 Å². The van der Waals surface area contributed by atoms with Crippen LogP contribution < -0.4 is 4.74 Å². The van der Waals surface area contributed by atoms with Crippen LogP contribution in [0.2, 0.25) is 0 Å². The van der Waals surface area contributed by atoms with Crippen LogP contribution in [0.3, 0.4) is 0 Å². The molecule has 0 atom stereocenters. The molecule has 0 heterocycles. The summed E-state index contributed by atoms with van der Waals surface area (Å²) in [7, 11) is 0. The van der Waals surface area contributed by atoms with Gasteiger partial charge in [0.2, 0.25) is 0 Å². The summed E-state index contributed by atoms with van der Waals surface area (Å²) in [5, 5.41) is 0.941. The van der Waals surface area contributed by atoms with Gasteiger partial charge >= 0.3 is 6.61 Å². The molecule has 0 radical (unpaired) electrons. The number of hydrogen-bond donors (Lipinski definition) is 0. The Bertz CT molecular complexity index is 334. The molecule has 0 aromatic heterocycles. The average Bonchev–Trinajstić information content (AvgIpc) is 2.26. The van der Waals surface area contributed by atoms with E-state index in [4.69, 9.17) is 0 Å². The normalized spacial score (nSPS) is 10.8. The lowest BCUT2D eigenvalue weighted by molar-refractivity contribution is -0.0499. The molecule has 0 bridgehead atoms. The molecule has 0 unspecified atom stereocenters. The van der Waals surface area contributed by atoms with Crippen LogP contribution in [-0.4, -0.2) is 18.2 Å². The highest BCUT2D eigenvalue weighted by Crippen LogP contribution is 2.27. The van der Waals surface area contributed by atoms with E-state index in [1.54, 1.807) is 23.9 Å². The van der Waals surface area contributed by atoms with Gasteiger partial charge < -0.3 is 4.74 Å². The molecule has 1 rings (SSSR count). The lowest BCUT2D eigenvalue weighted by atomic mass is 10.1. The number of ether oxygens (including phenoxy) is 1. The van der Waals surface area contributed by atoms with Crippen LogP contribution in [0.1, 0.15) is 12.0 Å². The van der Waals surface area contributed by atoms with Crippen LogP contribution in [0.15, 0.2) is 23.1 Å². The second-order valence-corrected chi connectivity index (χ2v) is 4.79. The first kappa shape index (κ1) is 13.8. The highest BCUT2D eigenvalue weighted by atomic mass is 79.9. The standard InChI is InChI=1S/C11H13BrF2OS/c1-16-10-7-9(15-11(13)14)5-4-8(10)3-2-6-12/h4-5,7,11H,2-3,6H2,1H3. The minimum absolute atomic E-state index is 0.224. The topological polar surface area (TPSA) is 9.23 Å². The Morgan fingerprint density at radius 1 is 1.44 bits per heavy atom. The minimum Gasteiger partial charge on any atom is -0.435 e. The van der Waals surface area contributed by atoms with Gasteiger partial charge in [-0.05, 0) is 36.8 Å². The number of benzene rings is 1. The molecule has 16 heavy (non-hydrogen) atoms. The average molecular weight is 311 g/mol. The van der Waals surface area contributed by atoms with Gasteiger partial charge in [0, 0.05) is 10.2 Å². The van der Waals surface area contributed by atoms with Gasteiger partial charge in [0.1, 0.15) is 5.75 Å². The molecule has 90 valence electrons. The van der Waals surface area contributed by atoms with Gasteiger partial charge in [-0.2, -0.15) is 8.78 Å². The summed E-state index contributed by atoms with van der Waals surface area (Å²) in [6.07, 6.45) is 3.90. The van der Waals surface area contributed by atoms with Gasteiger partial charge in [0.15, 0.2) is 0 Å². The summed E-state index contributed by atoms with van der Waals surface area (Å²) in [4.78, 5) is 0.999. The Labute approximate surface area is 107 Å². The third kappa shape index (κ3) is 4.29. The summed E-state index contributed by atoms with van der Waals surface area (Å²) < 4.78 is 28.4. The van der Waals surface area contributed by atoms with E-state index >= 15 is 0 Å². The monoisotopic (exact) mass is 310 g/mol. The fraction of sp³-hybridized carbons (Fsp3) is 0.455. The van der Waals surface area contributed by atoms with Gasteiger partial charge in [-0.25, -0.2) is 0 Å². The number of alkyl halides is 3. The summed E-state index contributed by atoms with van der Waals surface area (Å²) in [5.74, 6) is 0.224. The molecule has 1 aromatic rings. The highest BCUT2D eigenvalue weighted by molar-refractivity contribution is 9.09. The van der Waals surface area contributed by atoms with Crippen molar-refractivity contribution >= 4 is 27.7 Å². The number of aryl methyl sites for hydroxylation is 1. The second-order valence-electron chi connectivity index (χ2n) is 3.14. The van der Waals surface area contributed by atoms with Crippen molar-refractivity contribution in [2.75, 3.05) is 11.6 Å². The molecule has 0 amide bonds. The first-order valence-electron chi connectivity index (χ1n) is 4.85. The molecular formula is C11H13BrF2OS. The predicted molar refractivity (Wildman–Crippen MR) is 67.0 cm³/mol. The molecule has 1 aromatic carbocycles. The Kier molecular flexibility index (Phi) is 6.13. The SMILES string of the molecule is CSc1cc(OC(F)F)ccc1CCCBr. The molecular weight excluding hydrogens is 298 g/mol. The van der Waals surface area contributed by atoms with E-state index in [0.29, 0.717) is 0 Å². The number of halogens is 3. The number of rotatable bonds is 6. The van der Waals surface area contributed by atoms with Crippen molar-refractivity contribution in [3.05, 3.63) is 23.8 Å². The summed E-state index contributed by atoms with van der Waals surface area (Å²) in [6.45, 7) is -2.76. The third-order valence-electron chi connectivity index (χ3n) is 2.06. The van der Waals surface area contributed by atoms with Gasteiger partial charge in [-0.15, -0.1) is 11.8 Å². The van der Waals surface area contributed by atoms with Crippen molar-refractivity contribution in [2.45, 2.75) is 24.3 Å². The molecule has 1 nitrogen and oxygen atoms in total. The Morgan fingerprint density at radius 3 is 2.75 bits per heavy atom. The lowest BCUT2D eigenvalue weighted by Gasteiger charge is -2.10. The first-order chi connectivity index (χ1) is 7.67. The quantitative estimate of drug-likeness (QED) is 0.571. The molecule has 0 aliphatic heterocycles. The Hall–Kier alpha value is -0.290. The van der Waals surface area contributed by atoms with Crippen molar-refractivity contribution in [1.29, 1.82) is 0 Å². The number of thioether (sulfide) groups is 1. The van der Waals surface area contributed by atoms with E-state index in [9.17, 15) is 8.78 Å². The van der Waals surface area contributed by atoms with Crippen LogP contribution in [0.4, 0.5) is 8.78 Å². The molecule has 0 saturated heterocycles. The third-order valence-corrected chi connectivity index (χ3v) is 3.44. The van der Waals surface area contributed by atoms with Crippen molar-refractivity contribution in [3.63, 3.8) is 0 Å². The smallest absolute Gasteiger partial charge is 0.387 e. The zero-order valence-electron chi connectivity index (χ0n) is 8.88. The van der Waals surface area contributed by atoms with E-state index in [1.165, 1.54) is 5.56 Å². The van der Waals surface area contributed by atoms with E-state index in [1.807, 2.05) is 12.3 Å². The summed E-state index contributed by atoms with van der Waals surface area (Å²) >= 11 is 4.92. The predicted octanol–water partition coefficient (Wildman–Crippen LogP) is 4.34. The van der Waals surface area contributed by atoms with E-state index < -0.39 is 6.61 Å². The maximum Gasteiger partial charge on any atom is 0.387 e. The first-order valence-corrected chi connectivity index (χ1v) is 7.19. The van der Waals surface area contributed by atoms with Crippen LogP contribution in [0.5, 0.6) is 5.75 Å². The van der Waals surface area contributed by atoms with Crippen LogP contribution in [0.25, 0.3) is 0 Å². The largest absolute Gasteiger partial charge is 0.435 e. The van der Waals surface area contributed by atoms with Crippen LogP contribution in [0, 0.1) is 0 Å². The van der Waals surface area contributed by atoms with E-state index in [0.717, 1.165) is 23.1 Å². The zero-order chi connectivity index (χ0) is 12.0. The molecule has 0 aliphatic carbocycles. The molecule has 0 aliphatic rings. The second kappa shape index (κ2) is 7.12. The van der Waals surface area contributed by atoms with E-state index in [2.05, 4.69) is 20.7 Å². The lowest BCUT2D eigenvalue weighted by Crippen LogP contribution is -2.02. The van der Waals surface area contributed by atoms with Crippen molar-refractivity contribution in [2.24, 2.45) is 0 Å². The zero-order valence-corrected chi connectivity index (χ0v) is 11.3. The molecule has 0 N–H and O–H groups in total. The fourth-order valence-electron chi connectivity index (χ4n) is 1.36. The van der Waals surface area contributed by atoms with Crippen molar-refractivity contribution in [3.8, 4) is 5.75 Å². The molecule has 0 saturated carbocycles.